The van der Waals surface area contributed by atoms with Gasteiger partial charge in [-0.1, -0.05) is 18.3 Å². The highest BCUT2D eigenvalue weighted by atomic mass is 19.1. The van der Waals surface area contributed by atoms with Crippen LogP contribution in [0.3, 0.4) is 0 Å². The predicted molar refractivity (Wildman–Crippen MR) is 79.0 cm³/mol. The molecule has 110 valence electrons. The molecule has 1 aromatic carbocycles. The van der Waals surface area contributed by atoms with Crippen LogP contribution in [-0.4, -0.2) is 18.5 Å². The third kappa shape index (κ3) is 2.93. The first-order valence-electron chi connectivity index (χ1n) is 7.46. The highest BCUT2D eigenvalue weighted by molar-refractivity contribution is 5.94. The van der Waals surface area contributed by atoms with Crippen molar-refractivity contribution in [3.8, 4) is 11.8 Å². The summed E-state index contributed by atoms with van der Waals surface area (Å²) < 4.78 is 14.0. The number of benzene rings is 1. The van der Waals surface area contributed by atoms with Crippen molar-refractivity contribution >= 4 is 5.91 Å². The van der Waals surface area contributed by atoms with E-state index in [9.17, 15) is 9.18 Å². The molecular weight excluding hydrogens is 267 g/mol. The summed E-state index contributed by atoms with van der Waals surface area (Å²) in [6.07, 6.45) is 4.71. The molecule has 2 bridgehead atoms. The van der Waals surface area contributed by atoms with Crippen LogP contribution in [0.2, 0.25) is 0 Å². The normalized spacial score (nSPS) is 26.3. The maximum Gasteiger partial charge on any atom is 0.254 e. The number of amides is 1. The summed E-state index contributed by atoms with van der Waals surface area (Å²) in [6.45, 7) is 0.230. The van der Waals surface area contributed by atoms with Crippen LogP contribution < -0.4 is 11.1 Å². The van der Waals surface area contributed by atoms with Crippen molar-refractivity contribution in [2.24, 2.45) is 17.6 Å². The zero-order chi connectivity index (χ0) is 14.8. The van der Waals surface area contributed by atoms with Gasteiger partial charge in [0.05, 0.1) is 12.1 Å². The van der Waals surface area contributed by atoms with Crippen LogP contribution in [0.5, 0.6) is 0 Å². The molecule has 1 aromatic rings. The summed E-state index contributed by atoms with van der Waals surface area (Å²) in [7, 11) is 0. The second-order valence-electron chi connectivity index (χ2n) is 5.96. The van der Waals surface area contributed by atoms with E-state index in [1.165, 1.54) is 31.4 Å². The van der Waals surface area contributed by atoms with Crippen LogP contribution in [0.1, 0.15) is 41.6 Å². The molecular formula is C17H19FN2O. The fourth-order valence-electron chi connectivity index (χ4n) is 3.60. The number of nitrogens with one attached hydrogen (secondary N) is 1. The molecule has 0 saturated heterocycles. The van der Waals surface area contributed by atoms with Gasteiger partial charge in [0.2, 0.25) is 0 Å². The quantitative estimate of drug-likeness (QED) is 0.818. The summed E-state index contributed by atoms with van der Waals surface area (Å²) in [5.74, 6) is 5.91. The summed E-state index contributed by atoms with van der Waals surface area (Å²) >= 11 is 0. The molecule has 0 spiro atoms. The minimum atomic E-state index is -0.528. The van der Waals surface area contributed by atoms with Gasteiger partial charge in [-0.25, -0.2) is 4.39 Å². The van der Waals surface area contributed by atoms with E-state index in [1.54, 1.807) is 6.07 Å². The molecule has 3 rings (SSSR count). The summed E-state index contributed by atoms with van der Waals surface area (Å²) in [6, 6.07) is 4.66. The number of carbonyl (C=O) groups is 1. The van der Waals surface area contributed by atoms with Crippen molar-refractivity contribution in [1.82, 2.24) is 5.32 Å². The van der Waals surface area contributed by atoms with Crippen LogP contribution in [0.4, 0.5) is 4.39 Å². The molecule has 0 radical (unpaired) electrons. The maximum atomic E-state index is 14.0. The van der Waals surface area contributed by atoms with Gasteiger partial charge < -0.3 is 11.1 Å². The minimum absolute atomic E-state index is 0.0936. The Morgan fingerprint density at radius 2 is 2.24 bits per heavy atom. The average molecular weight is 286 g/mol. The molecule has 3 unspecified atom stereocenters. The van der Waals surface area contributed by atoms with Crippen molar-refractivity contribution in [3.63, 3.8) is 0 Å². The lowest BCUT2D eigenvalue weighted by molar-refractivity contribution is 0.0919. The SMILES string of the molecule is NCC#Cc1ccc(C(=O)NC2CC3CCC2C3)c(F)c1. The molecule has 1 amide bonds. The lowest BCUT2D eigenvalue weighted by atomic mass is 9.95. The number of hydrogen-bond acceptors (Lipinski definition) is 2. The van der Waals surface area contributed by atoms with E-state index in [4.69, 9.17) is 5.73 Å². The Morgan fingerprint density at radius 1 is 1.38 bits per heavy atom. The number of hydrogen-bond donors (Lipinski definition) is 2. The molecule has 21 heavy (non-hydrogen) atoms. The molecule has 2 aliphatic carbocycles. The number of nitrogens with two attached hydrogens (primary N) is 1. The Kier molecular flexibility index (Phi) is 3.94. The van der Waals surface area contributed by atoms with Crippen LogP contribution in [0, 0.1) is 29.5 Å². The van der Waals surface area contributed by atoms with E-state index in [-0.39, 0.29) is 24.1 Å². The van der Waals surface area contributed by atoms with Crippen molar-refractivity contribution in [2.75, 3.05) is 6.54 Å². The zero-order valence-corrected chi connectivity index (χ0v) is 11.9. The third-order valence-electron chi connectivity index (χ3n) is 4.60. The summed E-state index contributed by atoms with van der Waals surface area (Å²) in [5.41, 5.74) is 5.91. The number of rotatable bonds is 2. The Labute approximate surface area is 124 Å². The topological polar surface area (TPSA) is 55.1 Å². The van der Waals surface area contributed by atoms with Gasteiger partial charge in [-0.2, -0.15) is 0 Å². The van der Waals surface area contributed by atoms with E-state index in [0.29, 0.717) is 11.5 Å². The standard InChI is InChI=1S/C17H19FN2O/c18-15-9-11(2-1-7-19)4-6-14(15)17(21)20-16-10-12-3-5-13(16)8-12/h4,6,9,12-13,16H,3,5,7-8,10,19H2,(H,20,21). The van der Waals surface area contributed by atoms with Gasteiger partial charge in [-0.15, -0.1) is 0 Å². The molecule has 3 N–H and O–H groups in total. The molecule has 2 fully saturated rings. The molecule has 0 heterocycles. The number of carbonyl (C=O) groups excluding carboxylic acids is 1. The van der Waals surface area contributed by atoms with E-state index >= 15 is 0 Å². The Bertz CT molecular complexity index is 617. The number of halogens is 1. The van der Waals surface area contributed by atoms with Gasteiger partial charge in [-0.05, 0) is 49.3 Å². The van der Waals surface area contributed by atoms with Gasteiger partial charge in [0.1, 0.15) is 5.82 Å². The first-order valence-corrected chi connectivity index (χ1v) is 7.46. The van der Waals surface area contributed by atoms with E-state index in [2.05, 4.69) is 17.2 Å². The first-order chi connectivity index (χ1) is 10.2. The van der Waals surface area contributed by atoms with E-state index in [0.717, 1.165) is 12.3 Å². The fourth-order valence-corrected chi connectivity index (χ4v) is 3.60. The van der Waals surface area contributed by atoms with Crippen LogP contribution in [0.15, 0.2) is 18.2 Å². The second-order valence-corrected chi connectivity index (χ2v) is 5.96. The smallest absolute Gasteiger partial charge is 0.254 e. The van der Waals surface area contributed by atoms with Crippen molar-refractivity contribution in [1.29, 1.82) is 0 Å². The molecule has 3 nitrogen and oxygen atoms in total. The average Bonchev–Trinajstić information content (AvgIpc) is 3.07. The van der Waals surface area contributed by atoms with Gasteiger partial charge in [0.25, 0.3) is 5.91 Å². The lowest BCUT2D eigenvalue weighted by Gasteiger charge is -2.23. The first kappa shape index (κ1) is 14.1. The van der Waals surface area contributed by atoms with Gasteiger partial charge >= 0.3 is 0 Å². The largest absolute Gasteiger partial charge is 0.349 e. The van der Waals surface area contributed by atoms with Crippen molar-refractivity contribution < 1.29 is 9.18 Å². The third-order valence-corrected chi connectivity index (χ3v) is 4.60. The van der Waals surface area contributed by atoms with Crippen LogP contribution in [0.25, 0.3) is 0 Å². The van der Waals surface area contributed by atoms with E-state index in [1.807, 2.05) is 0 Å². The van der Waals surface area contributed by atoms with Crippen LogP contribution >= 0.6 is 0 Å². The Morgan fingerprint density at radius 3 is 2.86 bits per heavy atom. The van der Waals surface area contributed by atoms with E-state index < -0.39 is 5.82 Å². The highest BCUT2D eigenvalue weighted by Crippen LogP contribution is 2.44. The maximum absolute atomic E-state index is 14.0. The monoisotopic (exact) mass is 286 g/mol. The lowest BCUT2D eigenvalue weighted by Crippen LogP contribution is -2.38. The zero-order valence-electron chi connectivity index (χ0n) is 11.9. The van der Waals surface area contributed by atoms with Gasteiger partial charge in [0.15, 0.2) is 0 Å². The molecule has 2 aliphatic rings. The van der Waals surface area contributed by atoms with Crippen molar-refractivity contribution in [3.05, 3.63) is 35.1 Å². The molecule has 4 heteroatoms. The molecule has 3 atom stereocenters. The Balaban J connectivity index is 1.70. The Hall–Kier alpha value is -1.86. The highest BCUT2D eigenvalue weighted by Gasteiger charge is 2.40. The fraction of sp³-hybridized carbons (Fsp3) is 0.471. The molecule has 0 aliphatic heterocycles. The molecule has 2 saturated carbocycles. The number of fused-ring (bicyclic) bond motifs is 2. The van der Waals surface area contributed by atoms with Crippen LogP contribution in [-0.2, 0) is 0 Å². The summed E-state index contributed by atoms with van der Waals surface area (Å²) in [4.78, 5) is 12.2. The predicted octanol–water partition coefficient (Wildman–Crippen LogP) is 2.05. The van der Waals surface area contributed by atoms with Gasteiger partial charge in [0, 0.05) is 11.6 Å². The van der Waals surface area contributed by atoms with Crippen molar-refractivity contribution in [2.45, 2.75) is 31.7 Å². The summed E-state index contributed by atoms with van der Waals surface area (Å²) in [5, 5.41) is 3.00. The second kappa shape index (κ2) is 5.87. The molecule has 0 aromatic heterocycles. The van der Waals surface area contributed by atoms with Gasteiger partial charge in [-0.3, -0.25) is 4.79 Å². The minimum Gasteiger partial charge on any atom is -0.349 e.